The van der Waals surface area contributed by atoms with Crippen LogP contribution in [0.15, 0.2) is 21.5 Å². The molecular formula is C13H19BrClN3O2S. The van der Waals surface area contributed by atoms with E-state index in [0.29, 0.717) is 28.3 Å². The molecule has 1 atom stereocenters. The summed E-state index contributed by atoms with van der Waals surface area (Å²) in [7, 11) is -3.61. The lowest BCUT2D eigenvalue weighted by atomic mass is 10.2. The number of hydrogen-bond acceptors (Lipinski definition) is 4. The Balaban J connectivity index is 2.36. The molecule has 1 unspecified atom stereocenters. The summed E-state index contributed by atoms with van der Waals surface area (Å²) in [5.41, 5.74) is 6.12. The lowest BCUT2D eigenvalue weighted by Crippen LogP contribution is -2.53. The van der Waals surface area contributed by atoms with Crippen LogP contribution < -0.4 is 5.73 Å². The summed E-state index contributed by atoms with van der Waals surface area (Å²) >= 11 is 9.21. The standard InChI is InChI=1S/C13H19BrClN3O2S/c1-3-17-4-5-18(8-9(17)2)21(19,20)12-7-10(15)6-11(16)13(12)14/h6-7,9H,3-5,8,16H2,1-2H3. The monoisotopic (exact) mass is 395 g/mol. The molecule has 0 saturated carbocycles. The molecule has 1 saturated heterocycles. The normalized spacial score (nSPS) is 21.6. The van der Waals surface area contributed by atoms with Crippen LogP contribution in [-0.2, 0) is 10.0 Å². The van der Waals surface area contributed by atoms with E-state index in [2.05, 4.69) is 27.8 Å². The molecule has 1 fully saturated rings. The van der Waals surface area contributed by atoms with Crippen LogP contribution >= 0.6 is 27.5 Å². The molecule has 1 heterocycles. The maximum Gasteiger partial charge on any atom is 0.244 e. The Bertz CT molecular complexity index is 639. The largest absolute Gasteiger partial charge is 0.398 e. The van der Waals surface area contributed by atoms with Crippen LogP contribution in [-0.4, -0.2) is 49.8 Å². The predicted octanol–water partition coefficient (Wildman–Crippen LogP) is 2.40. The van der Waals surface area contributed by atoms with Gasteiger partial charge in [0.05, 0.1) is 9.37 Å². The molecule has 8 heteroatoms. The number of hydrogen-bond donors (Lipinski definition) is 1. The molecule has 0 radical (unpaired) electrons. The summed E-state index contributed by atoms with van der Waals surface area (Å²) < 4.78 is 27.5. The van der Waals surface area contributed by atoms with Gasteiger partial charge in [0.15, 0.2) is 0 Å². The van der Waals surface area contributed by atoms with Gasteiger partial charge in [-0.15, -0.1) is 0 Å². The summed E-state index contributed by atoms with van der Waals surface area (Å²) in [5, 5.41) is 0.314. The lowest BCUT2D eigenvalue weighted by molar-refractivity contribution is 0.135. The molecule has 0 amide bonds. The summed E-state index contributed by atoms with van der Waals surface area (Å²) in [6, 6.07) is 3.16. The van der Waals surface area contributed by atoms with Crippen molar-refractivity contribution in [2.24, 2.45) is 0 Å². The number of likely N-dealkylation sites (N-methyl/N-ethyl adjacent to an activating group) is 1. The minimum absolute atomic E-state index is 0.129. The molecule has 0 aromatic heterocycles. The van der Waals surface area contributed by atoms with Crippen LogP contribution in [0.2, 0.25) is 5.02 Å². The van der Waals surface area contributed by atoms with Crippen molar-refractivity contribution in [2.45, 2.75) is 24.8 Å². The van der Waals surface area contributed by atoms with Gasteiger partial charge in [-0.05, 0) is 41.5 Å². The van der Waals surface area contributed by atoms with Gasteiger partial charge in [-0.2, -0.15) is 4.31 Å². The molecule has 21 heavy (non-hydrogen) atoms. The van der Waals surface area contributed by atoms with Crippen molar-refractivity contribution >= 4 is 43.2 Å². The second-order valence-corrected chi connectivity index (χ2v) is 8.28. The van der Waals surface area contributed by atoms with Crippen LogP contribution in [0, 0.1) is 0 Å². The SMILES string of the molecule is CCN1CCN(S(=O)(=O)c2cc(Cl)cc(N)c2Br)CC1C. The molecule has 1 aromatic rings. The number of nitrogens with two attached hydrogens (primary N) is 1. The molecule has 118 valence electrons. The molecule has 0 bridgehead atoms. The van der Waals surface area contributed by atoms with E-state index >= 15 is 0 Å². The Hall–Kier alpha value is -0.340. The Kier molecular flexibility index (Phi) is 5.20. The fraction of sp³-hybridized carbons (Fsp3) is 0.538. The van der Waals surface area contributed by atoms with Crippen molar-refractivity contribution < 1.29 is 8.42 Å². The Morgan fingerprint density at radius 1 is 1.43 bits per heavy atom. The zero-order chi connectivity index (χ0) is 15.8. The lowest BCUT2D eigenvalue weighted by Gasteiger charge is -2.38. The molecule has 1 aromatic carbocycles. The number of halogens is 2. The minimum Gasteiger partial charge on any atom is -0.398 e. The van der Waals surface area contributed by atoms with Gasteiger partial charge in [-0.25, -0.2) is 8.42 Å². The summed E-state index contributed by atoms with van der Waals surface area (Å²) in [5.74, 6) is 0. The fourth-order valence-corrected chi connectivity index (χ4v) is 5.33. The van der Waals surface area contributed by atoms with E-state index in [1.807, 2.05) is 6.92 Å². The molecule has 2 N–H and O–H groups in total. The molecule has 1 aliphatic heterocycles. The maximum atomic E-state index is 12.8. The molecule has 2 rings (SSSR count). The van der Waals surface area contributed by atoms with Crippen LogP contribution in [0.5, 0.6) is 0 Å². The summed E-state index contributed by atoms with van der Waals surface area (Å²) in [4.78, 5) is 2.39. The van der Waals surface area contributed by atoms with Crippen molar-refractivity contribution in [1.29, 1.82) is 0 Å². The van der Waals surface area contributed by atoms with E-state index in [9.17, 15) is 8.42 Å². The zero-order valence-corrected chi connectivity index (χ0v) is 15.2. The van der Waals surface area contributed by atoms with Gasteiger partial charge in [0.2, 0.25) is 10.0 Å². The first-order valence-corrected chi connectivity index (χ1v) is 9.37. The second-order valence-electron chi connectivity index (χ2n) is 5.15. The van der Waals surface area contributed by atoms with Gasteiger partial charge in [0, 0.05) is 36.4 Å². The van der Waals surface area contributed by atoms with E-state index in [4.69, 9.17) is 17.3 Å². The highest BCUT2D eigenvalue weighted by molar-refractivity contribution is 9.10. The third-order valence-corrected chi connectivity index (χ3v) is 7.04. The van der Waals surface area contributed by atoms with Gasteiger partial charge in [0.25, 0.3) is 0 Å². The van der Waals surface area contributed by atoms with Crippen molar-refractivity contribution in [1.82, 2.24) is 9.21 Å². The third-order valence-electron chi connectivity index (χ3n) is 3.78. The van der Waals surface area contributed by atoms with E-state index in [1.54, 1.807) is 0 Å². The van der Waals surface area contributed by atoms with Crippen molar-refractivity contribution in [3.63, 3.8) is 0 Å². The van der Waals surface area contributed by atoms with Crippen LogP contribution in [0.3, 0.4) is 0 Å². The Morgan fingerprint density at radius 2 is 2.10 bits per heavy atom. The van der Waals surface area contributed by atoms with Gasteiger partial charge in [-0.3, -0.25) is 4.90 Å². The van der Waals surface area contributed by atoms with Gasteiger partial charge in [-0.1, -0.05) is 18.5 Å². The van der Waals surface area contributed by atoms with Crippen molar-refractivity contribution in [3.05, 3.63) is 21.6 Å². The minimum atomic E-state index is -3.61. The second kappa shape index (κ2) is 6.42. The summed E-state index contributed by atoms with van der Waals surface area (Å²) in [6.07, 6.45) is 0. The van der Waals surface area contributed by atoms with Crippen LogP contribution in [0.25, 0.3) is 0 Å². The molecule has 0 spiro atoms. The Labute approximate surface area is 139 Å². The van der Waals surface area contributed by atoms with E-state index in [1.165, 1.54) is 16.4 Å². The van der Waals surface area contributed by atoms with Gasteiger partial charge < -0.3 is 5.73 Å². The topological polar surface area (TPSA) is 66.6 Å². The average molecular weight is 397 g/mol. The number of sulfonamides is 1. The number of rotatable bonds is 3. The smallest absolute Gasteiger partial charge is 0.244 e. The van der Waals surface area contributed by atoms with Crippen LogP contribution in [0.1, 0.15) is 13.8 Å². The van der Waals surface area contributed by atoms with Crippen LogP contribution in [0.4, 0.5) is 5.69 Å². The van der Waals surface area contributed by atoms with E-state index in [0.717, 1.165) is 13.1 Å². The number of piperazine rings is 1. The first kappa shape index (κ1) is 17.0. The van der Waals surface area contributed by atoms with Gasteiger partial charge >= 0.3 is 0 Å². The van der Waals surface area contributed by atoms with Gasteiger partial charge in [0.1, 0.15) is 0 Å². The average Bonchev–Trinajstić information content (AvgIpc) is 2.42. The Morgan fingerprint density at radius 3 is 2.67 bits per heavy atom. The van der Waals surface area contributed by atoms with Crippen molar-refractivity contribution in [3.8, 4) is 0 Å². The highest BCUT2D eigenvalue weighted by Gasteiger charge is 2.33. The summed E-state index contributed by atoms with van der Waals surface area (Å²) in [6.45, 7) is 6.70. The number of benzene rings is 1. The number of nitrogen functional groups attached to an aromatic ring is 1. The third kappa shape index (κ3) is 3.37. The fourth-order valence-electron chi connectivity index (χ4n) is 2.56. The van der Waals surface area contributed by atoms with Crippen molar-refractivity contribution in [2.75, 3.05) is 31.9 Å². The molecule has 5 nitrogen and oxygen atoms in total. The first-order chi connectivity index (χ1) is 9.77. The highest BCUT2D eigenvalue weighted by atomic mass is 79.9. The van der Waals surface area contributed by atoms with E-state index < -0.39 is 10.0 Å². The predicted molar refractivity (Wildman–Crippen MR) is 89.0 cm³/mol. The highest BCUT2D eigenvalue weighted by Crippen LogP contribution is 2.33. The molecular weight excluding hydrogens is 378 g/mol. The maximum absolute atomic E-state index is 12.8. The quantitative estimate of drug-likeness (QED) is 0.797. The number of anilines is 1. The number of nitrogens with zero attached hydrogens (tertiary/aromatic N) is 2. The van der Waals surface area contributed by atoms with E-state index in [-0.39, 0.29) is 10.9 Å². The zero-order valence-electron chi connectivity index (χ0n) is 12.0. The first-order valence-electron chi connectivity index (χ1n) is 6.76. The molecule has 1 aliphatic rings. The molecule has 0 aliphatic carbocycles.